The third-order valence-electron chi connectivity index (χ3n) is 2.83. The number of rotatable bonds is 6. The lowest BCUT2D eigenvalue weighted by atomic mass is 9.97. The Hall–Kier alpha value is -1.22. The standard InChI is InChI=1S/C13H20O3/c1-4-10(9-14)7-11-8-12(15-2)5-6-13(11)16-3/h5-6,8,10,14H,4,7,9H2,1-3H3. The van der Waals surface area contributed by atoms with Crippen LogP contribution in [-0.2, 0) is 6.42 Å². The van der Waals surface area contributed by atoms with Gasteiger partial charge in [-0.05, 0) is 36.1 Å². The third-order valence-corrected chi connectivity index (χ3v) is 2.83. The monoisotopic (exact) mass is 224 g/mol. The van der Waals surface area contributed by atoms with Crippen molar-refractivity contribution in [1.82, 2.24) is 0 Å². The van der Waals surface area contributed by atoms with Crippen molar-refractivity contribution >= 4 is 0 Å². The van der Waals surface area contributed by atoms with Gasteiger partial charge in [0.1, 0.15) is 11.5 Å². The van der Waals surface area contributed by atoms with E-state index in [1.165, 1.54) is 0 Å². The first kappa shape index (κ1) is 12.8. The Kier molecular flexibility index (Phi) is 5.12. The number of ether oxygens (including phenoxy) is 2. The normalized spacial score (nSPS) is 12.2. The first-order valence-electron chi connectivity index (χ1n) is 5.56. The van der Waals surface area contributed by atoms with E-state index in [0.717, 1.165) is 29.9 Å². The maximum atomic E-state index is 9.21. The van der Waals surface area contributed by atoms with Gasteiger partial charge in [0.05, 0.1) is 14.2 Å². The molecule has 0 aliphatic heterocycles. The Morgan fingerprint density at radius 2 is 2.00 bits per heavy atom. The van der Waals surface area contributed by atoms with Crippen LogP contribution in [0, 0.1) is 5.92 Å². The molecule has 0 saturated heterocycles. The van der Waals surface area contributed by atoms with E-state index in [9.17, 15) is 5.11 Å². The first-order chi connectivity index (χ1) is 7.74. The molecule has 1 rings (SSSR count). The molecule has 1 N–H and O–H groups in total. The van der Waals surface area contributed by atoms with Crippen LogP contribution in [0.2, 0.25) is 0 Å². The molecule has 3 nitrogen and oxygen atoms in total. The maximum Gasteiger partial charge on any atom is 0.122 e. The van der Waals surface area contributed by atoms with Crippen molar-refractivity contribution in [1.29, 1.82) is 0 Å². The molecule has 90 valence electrons. The summed E-state index contributed by atoms with van der Waals surface area (Å²) in [5.74, 6) is 1.96. The van der Waals surface area contributed by atoms with Gasteiger partial charge in [-0.3, -0.25) is 0 Å². The van der Waals surface area contributed by atoms with E-state index in [2.05, 4.69) is 6.92 Å². The van der Waals surface area contributed by atoms with Crippen molar-refractivity contribution in [3.05, 3.63) is 23.8 Å². The lowest BCUT2D eigenvalue weighted by Gasteiger charge is -2.15. The van der Waals surface area contributed by atoms with Crippen LogP contribution in [0.5, 0.6) is 11.5 Å². The van der Waals surface area contributed by atoms with Crippen molar-refractivity contribution in [3.63, 3.8) is 0 Å². The fourth-order valence-corrected chi connectivity index (χ4v) is 1.69. The minimum absolute atomic E-state index is 0.205. The van der Waals surface area contributed by atoms with E-state index in [1.807, 2.05) is 18.2 Å². The Bertz CT molecular complexity index is 319. The van der Waals surface area contributed by atoms with Crippen LogP contribution in [0.15, 0.2) is 18.2 Å². The zero-order chi connectivity index (χ0) is 12.0. The van der Waals surface area contributed by atoms with Gasteiger partial charge in [0.2, 0.25) is 0 Å². The summed E-state index contributed by atoms with van der Waals surface area (Å²) in [6.45, 7) is 2.28. The molecular weight excluding hydrogens is 204 g/mol. The van der Waals surface area contributed by atoms with Gasteiger partial charge in [-0.2, -0.15) is 0 Å². The van der Waals surface area contributed by atoms with Crippen LogP contribution in [0.25, 0.3) is 0 Å². The van der Waals surface area contributed by atoms with Gasteiger partial charge in [0.15, 0.2) is 0 Å². The number of hydrogen-bond acceptors (Lipinski definition) is 3. The number of aliphatic hydroxyl groups excluding tert-OH is 1. The second-order valence-electron chi connectivity index (χ2n) is 3.84. The quantitative estimate of drug-likeness (QED) is 0.805. The van der Waals surface area contributed by atoms with Crippen molar-refractivity contribution in [2.75, 3.05) is 20.8 Å². The zero-order valence-corrected chi connectivity index (χ0v) is 10.2. The lowest BCUT2D eigenvalue weighted by molar-refractivity contribution is 0.221. The van der Waals surface area contributed by atoms with Crippen molar-refractivity contribution < 1.29 is 14.6 Å². The van der Waals surface area contributed by atoms with Crippen LogP contribution >= 0.6 is 0 Å². The molecule has 1 atom stereocenters. The summed E-state index contributed by atoms with van der Waals surface area (Å²) < 4.78 is 10.5. The van der Waals surface area contributed by atoms with Crippen molar-refractivity contribution in [2.24, 2.45) is 5.92 Å². The molecule has 0 bridgehead atoms. The summed E-state index contributed by atoms with van der Waals surface area (Å²) in [5, 5.41) is 9.21. The van der Waals surface area contributed by atoms with Crippen molar-refractivity contribution in [3.8, 4) is 11.5 Å². The molecule has 0 saturated carbocycles. The number of hydrogen-bond donors (Lipinski definition) is 1. The average molecular weight is 224 g/mol. The maximum absolute atomic E-state index is 9.21. The van der Waals surface area contributed by atoms with Crippen LogP contribution in [0.3, 0.4) is 0 Å². The summed E-state index contributed by atoms with van der Waals surface area (Å²) in [6, 6.07) is 5.75. The van der Waals surface area contributed by atoms with Crippen molar-refractivity contribution in [2.45, 2.75) is 19.8 Å². The Morgan fingerprint density at radius 3 is 2.50 bits per heavy atom. The number of methoxy groups -OCH3 is 2. The Labute approximate surface area is 97.0 Å². The van der Waals surface area contributed by atoms with Crippen LogP contribution in [0.1, 0.15) is 18.9 Å². The molecule has 0 amide bonds. The number of benzene rings is 1. The van der Waals surface area contributed by atoms with E-state index in [1.54, 1.807) is 14.2 Å². The highest BCUT2D eigenvalue weighted by atomic mass is 16.5. The van der Waals surface area contributed by atoms with Crippen LogP contribution in [-0.4, -0.2) is 25.9 Å². The van der Waals surface area contributed by atoms with Gasteiger partial charge in [-0.15, -0.1) is 0 Å². The van der Waals surface area contributed by atoms with E-state index in [0.29, 0.717) is 0 Å². The summed E-state index contributed by atoms with van der Waals surface area (Å²) in [5.41, 5.74) is 1.09. The van der Waals surface area contributed by atoms with Gasteiger partial charge in [-0.1, -0.05) is 13.3 Å². The molecule has 0 aromatic heterocycles. The number of aliphatic hydroxyl groups is 1. The molecule has 1 aromatic carbocycles. The molecule has 0 aliphatic carbocycles. The highest BCUT2D eigenvalue weighted by Crippen LogP contribution is 2.26. The Morgan fingerprint density at radius 1 is 1.25 bits per heavy atom. The fourth-order valence-electron chi connectivity index (χ4n) is 1.69. The molecule has 0 aliphatic rings. The van der Waals surface area contributed by atoms with Gasteiger partial charge in [-0.25, -0.2) is 0 Å². The highest BCUT2D eigenvalue weighted by molar-refractivity contribution is 5.40. The first-order valence-corrected chi connectivity index (χ1v) is 5.56. The molecule has 0 fully saturated rings. The van der Waals surface area contributed by atoms with Crippen LogP contribution < -0.4 is 9.47 Å². The van der Waals surface area contributed by atoms with E-state index in [4.69, 9.17) is 9.47 Å². The topological polar surface area (TPSA) is 38.7 Å². The summed E-state index contributed by atoms with van der Waals surface area (Å²) in [7, 11) is 3.31. The zero-order valence-electron chi connectivity index (χ0n) is 10.2. The molecule has 3 heteroatoms. The van der Waals surface area contributed by atoms with E-state index >= 15 is 0 Å². The molecule has 0 spiro atoms. The van der Waals surface area contributed by atoms with E-state index in [-0.39, 0.29) is 12.5 Å². The molecule has 1 unspecified atom stereocenters. The lowest BCUT2D eigenvalue weighted by Crippen LogP contribution is -2.09. The summed E-state index contributed by atoms with van der Waals surface area (Å²) >= 11 is 0. The SMILES string of the molecule is CCC(CO)Cc1cc(OC)ccc1OC. The van der Waals surface area contributed by atoms with Gasteiger partial charge in [0, 0.05) is 6.61 Å². The molecule has 16 heavy (non-hydrogen) atoms. The van der Waals surface area contributed by atoms with Gasteiger partial charge < -0.3 is 14.6 Å². The molecule has 0 heterocycles. The molecule has 0 radical (unpaired) electrons. The molecule has 1 aromatic rings. The smallest absolute Gasteiger partial charge is 0.122 e. The second kappa shape index (κ2) is 6.38. The van der Waals surface area contributed by atoms with E-state index < -0.39 is 0 Å². The van der Waals surface area contributed by atoms with Crippen LogP contribution in [0.4, 0.5) is 0 Å². The Balaban J connectivity index is 2.90. The minimum atomic E-state index is 0.205. The van der Waals surface area contributed by atoms with Gasteiger partial charge in [0.25, 0.3) is 0 Å². The highest BCUT2D eigenvalue weighted by Gasteiger charge is 2.11. The third kappa shape index (κ3) is 3.14. The van der Waals surface area contributed by atoms with Gasteiger partial charge >= 0.3 is 0 Å². The largest absolute Gasteiger partial charge is 0.497 e. The minimum Gasteiger partial charge on any atom is -0.497 e. The predicted octanol–water partition coefficient (Wildman–Crippen LogP) is 2.26. The predicted molar refractivity (Wildman–Crippen MR) is 64.1 cm³/mol. The average Bonchev–Trinajstić information content (AvgIpc) is 2.35. The molecular formula is C13H20O3. The summed E-state index contributed by atoms with van der Waals surface area (Å²) in [4.78, 5) is 0. The fraction of sp³-hybridized carbons (Fsp3) is 0.538. The second-order valence-corrected chi connectivity index (χ2v) is 3.84. The summed E-state index contributed by atoms with van der Waals surface area (Å²) in [6.07, 6.45) is 1.77.